The number of hydrogen-bond acceptors (Lipinski definition) is 5. The van der Waals surface area contributed by atoms with Gasteiger partial charge in [-0.15, -0.1) is 0 Å². The lowest BCUT2D eigenvalue weighted by Crippen LogP contribution is -2.28. The third kappa shape index (κ3) is 6.53. The number of rotatable bonds is 13. The number of aryl methyl sites for hydroxylation is 2. The van der Waals surface area contributed by atoms with Gasteiger partial charge in [0.15, 0.2) is 11.5 Å². The Morgan fingerprint density at radius 1 is 0.912 bits per heavy atom. The van der Waals surface area contributed by atoms with Gasteiger partial charge < -0.3 is 19.1 Å². The largest absolute Gasteiger partial charge is 0.493 e. The summed E-state index contributed by atoms with van der Waals surface area (Å²) in [6.45, 7) is 0.750. The van der Waals surface area contributed by atoms with E-state index in [0.29, 0.717) is 30.1 Å². The minimum Gasteiger partial charge on any atom is -0.493 e. The van der Waals surface area contributed by atoms with E-state index < -0.39 is 0 Å². The molecule has 1 amide bonds. The van der Waals surface area contributed by atoms with Gasteiger partial charge in [0, 0.05) is 31.3 Å². The summed E-state index contributed by atoms with van der Waals surface area (Å²) in [4.78, 5) is 14.4. The molecule has 0 aliphatic rings. The SMILES string of the molecule is COc1ccc(CCC(=O)N(C)CCCCCc2cc(-c3ccccc3)n[nH]2)c(OC)c1OC. The number of amides is 1. The summed E-state index contributed by atoms with van der Waals surface area (Å²) in [5.41, 5.74) is 4.17. The number of nitrogens with one attached hydrogen (secondary N) is 1. The zero-order valence-electron chi connectivity index (χ0n) is 20.6. The molecule has 0 radical (unpaired) electrons. The molecule has 0 aliphatic carbocycles. The molecule has 0 atom stereocenters. The van der Waals surface area contributed by atoms with Crippen LogP contribution in [0.15, 0.2) is 48.5 Å². The molecule has 0 aliphatic heterocycles. The fraction of sp³-hybridized carbons (Fsp3) is 0.407. The van der Waals surface area contributed by atoms with E-state index in [2.05, 4.69) is 28.4 Å². The van der Waals surface area contributed by atoms with E-state index in [1.165, 1.54) is 0 Å². The molecule has 0 unspecified atom stereocenters. The van der Waals surface area contributed by atoms with Crippen LogP contribution < -0.4 is 14.2 Å². The molecular weight excluding hydrogens is 430 g/mol. The van der Waals surface area contributed by atoms with E-state index in [1.807, 2.05) is 42.3 Å². The standard InChI is InChI=1S/C27H35N3O4/c1-30(25(31)17-15-21-14-16-24(32-2)27(34-4)26(21)33-3)18-10-6-9-13-22-19-23(29-28-22)20-11-7-5-8-12-20/h5,7-8,11-12,14,16,19H,6,9-10,13,15,17-18H2,1-4H3,(H,28,29). The number of ether oxygens (including phenoxy) is 3. The van der Waals surface area contributed by atoms with Gasteiger partial charge in [0.2, 0.25) is 11.7 Å². The van der Waals surface area contributed by atoms with Crippen molar-refractivity contribution in [2.75, 3.05) is 34.9 Å². The monoisotopic (exact) mass is 465 g/mol. The second kappa shape index (κ2) is 12.7. The fourth-order valence-corrected chi connectivity index (χ4v) is 4.00. The second-order valence-corrected chi connectivity index (χ2v) is 8.26. The number of benzene rings is 2. The Morgan fingerprint density at radius 2 is 1.68 bits per heavy atom. The van der Waals surface area contributed by atoms with Crippen LogP contribution in [0, 0.1) is 0 Å². The van der Waals surface area contributed by atoms with Gasteiger partial charge in [0.25, 0.3) is 0 Å². The van der Waals surface area contributed by atoms with Gasteiger partial charge in [-0.2, -0.15) is 5.10 Å². The molecule has 34 heavy (non-hydrogen) atoms. The minimum atomic E-state index is 0.123. The average Bonchev–Trinajstić information content (AvgIpc) is 3.35. The summed E-state index contributed by atoms with van der Waals surface area (Å²) in [6, 6.07) is 16.1. The van der Waals surface area contributed by atoms with Crippen molar-refractivity contribution >= 4 is 5.91 Å². The van der Waals surface area contributed by atoms with Crippen LogP contribution in [0.4, 0.5) is 0 Å². The van der Waals surface area contributed by atoms with E-state index in [1.54, 1.807) is 21.3 Å². The average molecular weight is 466 g/mol. The zero-order valence-corrected chi connectivity index (χ0v) is 20.6. The number of carbonyl (C=O) groups excluding carboxylic acids is 1. The lowest BCUT2D eigenvalue weighted by Gasteiger charge is -2.18. The van der Waals surface area contributed by atoms with Crippen LogP contribution in [0.5, 0.6) is 17.2 Å². The molecule has 7 heteroatoms. The third-order valence-corrected chi connectivity index (χ3v) is 5.96. The van der Waals surface area contributed by atoms with Crippen molar-refractivity contribution in [1.29, 1.82) is 0 Å². The zero-order chi connectivity index (χ0) is 24.3. The smallest absolute Gasteiger partial charge is 0.222 e. The maximum Gasteiger partial charge on any atom is 0.222 e. The van der Waals surface area contributed by atoms with E-state index in [4.69, 9.17) is 14.2 Å². The quantitative estimate of drug-likeness (QED) is 0.363. The molecule has 3 aromatic rings. The normalized spacial score (nSPS) is 10.7. The summed E-state index contributed by atoms with van der Waals surface area (Å²) in [6.07, 6.45) is 5.04. The van der Waals surface area contributed by atoms with E-state index >= 15 is 0 Å². The van der Waals surface area contributed by atoms with Crippen LogP contribution in [-0.4, -0.2) is 55.9 Å². The van der Waals surface area contributed by atoms with Gasteiger partial charge in [-0.3, -0.25) is 9.89 Å². The third-order valence-electron chi connectivity index (χ3n) is 5.96. The Bertz CT molecular complexity index is 1050. The van der Waals surface area contributed by atoms with Crippen LogP contribution >= 0.6 is 0 Å². The van der Waals surface area contributed by atoms with Crippen LogP contribution in [0.2, 0.25) is 0 Å². The molecule has 0 fully saturated rings. The Hall–Kier alpha value is -3.48. The fourth-order valence-electron chi connectivity index (χ4n) is 4.00. The van der Waals surface area contributed by atoms with Gasteiger partial charge in [0.1, 0.15) is 0 Å². The van der Waals surface area contributed by atoms with Gasteiger partial charge in [-0.05, 0) is 43.4 Å². The van der Waals surface area contributed by atoms with Crippen molar-refractivity contribution in [1.82, 2.24) is 15.1 Å². The number of hydrogen-bond donors (Lipinski definition) is 1. The highest BCUT2D eigenvalue weighted by Crippen LogP contribution is 2.40. The summed E-state index contributed by atoms with van der Waals surface area (Å²) in [5.74, 6) is 1.90. The molecule has 0 saturated carbocycles. The highest BCUT2D eigenvalue weighted by atomic mass is 16.5. The first kappa shape index (κ1) is 25.1. The molecule has 0 spiro atoms. The highest BCUT2D eigenvalue weighted by Gasteiger charge is 2.17. The number of unbranched alkanes of at least 4 members (excludes halogenated alkanes) is 2. The number of aromatic amines is 1. The molecule has 1 N–H and O–H groups in total. The molecule has 0 bridgehead atoms. The molecule has 1 heterocycles. The van der Waals surface area contributed by atoms with Crippen molar-refractivity contribution in [3.63, 3.8) is 0 Å². The van der Waals surface area contributed by atoms with E-state index in [-0.39, 0.29) is 5.91 Å². The highest BCUT2D eigenvalue weighted by molar-refractivity contribution is 5.76. The minimum absolute atomic E-state index is 0.123. The number of methoxy groups -OCH3 is 3. The van der Waals surface area contributed by atoms with E-state index in [9.17, 15) is 4.79 Å². The molecule has 1 aromatic heterocycles. The van der Waals surface area contributed by atoms with Crippen molar-refractivity contribution in [3.05, 3.63) is 59.8 Å². The molecule has 3 rings (SSSR count). The Labute approximate surface area is 202 Å². The van der Waals surface area contributed by atoms with Crippen LogP contribution in [0.25, 0.3) is 11.3 Å². The van der Waals surface area contributed by atoms with Crippen molar-refractivity contribution in [3.8, 4) is 28.5 Å². The predicted octanol–water partition coefficient (Wildman–Crippen LogP) is 4.91. The van der Waals surface area contributed by atoms with Crippen LogP contribution in [0.3, 0.4) is 0 Å². The topological polar surface area (TPSA) is 76.7 Å². The Balaban J connectivity index is 1.39. The number of aromatic nitrogens is 2. The van der Waals surface area contributed by atoms with Crippen molar-refractivity contribution in [2.24, 2.45) is 0 Å². The predicted molar refractivity (Wildman–Crippen MR) is 134 cm³/mol. The number of H-pyrrole nitrogens is 1. The maximum absolute atomic E-state index is 12.6. The summed E-state index contributed by atoms with van der Waals surface area (Å²) < 4.78 is 16.3. The van der Waals surface area contributed by atoms with Gasteiger partial charge >= 0.3 is 0 Å². The molecular formula is C27H35N3O4. The summed E-state index contributed by atoms with van der Waals surface area (Å²) >= 11 is 0. The van der Waals surface area contributed by atoms with Gasteiger partial charge in [-0.1, -0.05) is 42.8 Å². The maximum atomic E-state index is 12.6. The van der Waals surface area contributed by atoms with E-state index in [0.717, 1.165) is 54.7 Å². The lowest BCUT2D eigenvalue weighted by atomic mass is 10.1. The van der Waals surface area contributed by atoms with Crippen molar-refractivity contribution in [2.45, 2.75) is 38.5 Å². The molecule has 7 nitrogen and oxygen atoms in total. The first-order valence-electron chi connectivity index (χ1n) is 11.7. The van der Waals surface area contributed by atoms with Gasteiger partial charge in [0.05, 0.1) is 27.0 Å². The summed E-state index contributed by atoms with van der Waals surface area (Å²) in [5, 5.41) is 7.55. The first-order chi connectivity index (χ1) is 16.6. The second-order valence-electron chi connectivity index (χ2n) is 8.26. The molecule has 2 aromatic carbocycles. The lowest BCUT2D eigenvalue weighted by molar-refractivity contribution is -0.129. The number of carbonyl (C=O) groups is 1. The molecule has 0 saturated heterocycles. The first-order valence-corrected chi connectivity index (χ1v) is 11.7. The van der Waals surface area contributed by atoms with Crippen molar-refractivity contribution < 1.29 is 19.0 Å². The summed E-state index contributed by atoms with van der Waals surface area (Å²) in [7, 11) is 6.64. The van der Waals surface area contributed by atoms with Gasteiger partial charge in [-0.25, -0.2) is 0 Å². The Morgan fingerprint density at radius 3 is 2.38 bits per heavy atom. The number of nitrogens with zero attached hydrogens (tertiary/aromatic N) is 2. The molecule has 182 valence electrons. The Kier molecular flexibility index (Phi) is 9.38. The van der Waals surface area contributed by atoms with Crippen LogP contribution in [-0.2, 0) is 17.6 Å². The van der Waals surface area contributed by atoms with Crippen LogP contribution in [0.1, 0.15) is 36.9 Å².